The van der Waals surface area contributed by atoms with Gasteiger partial charge in [0.25, 0.3) is 11.9 Å². The number of aromatic nitrogens is 4. The van der Waals surface area contributed by atoms with Crippen LogP contribution in [0.25, 0.3) is 5.95 Å². The Balaban J connectivity index is 1.72. The van der Waals surface area contributed by atoms with Crippen LogP contribution in [0.4, 0.5) is 5.82 Å². The van der Waals surface area contributed by atoms with Gasteiger partial charge in [-0.3, -0.25) is 9.00 Å². The molecule has 1 N–H and O–H groups in total. The van der Waals surface area contributed by atoms with Crippen LogP contribution in [0.3, 0.4) is 0 Å². The smallest absolute Gasteiger partial charge is 0.339 e. The van der Waals surface area contributed by atoms with E-state index in [-0.39, 0.29) is 5.56 Å². The molecule has 1 unspecified atom stereocenters. The highest BCUT2D eigenvalue weighted by molar-refractivity contribution is 7.85. The third-order valence-electron chi connectivity index (χ3n) is 4.21. The number of hydrogen-bond donors (Lipinski definition) is 1. The number of aryl methyl sites for hydroxylation is 3. The van der Waals surface area contributed by atoms with Gasteiger partial charge in [-0.15, -0.1) is 0 Å². The van der Waals surface area contributed by atoms with Crippen molar-refractivity contribution in [1.82, 2.24) is 19.7 Å². The lowest BCUT2D eigenvalue weighted by molar-refractivity contribution is -0.119. The number of ether oxygens (including phenoxy) is 1. The van der Waals surface area contributed by atoms with Gasteiger partial charge in [-0.2, -0.15) is 9.78 Å². The van der Waals surface area contributed by atoms with E-state index in [0.717, 1.165) is 11.4 Å². The molecule has 0 spiro atoms. The lowest BCUT2D eigenvalue weighted by Crippen LogP contribution is -2.23. The third-order valence-corrected chi connectivity index (χ3v) is 5.58. The van der Waals surface area contributed by atoms with Crippen LogP contribution < -0.4 is 5.32 Å². The first-order valence-corrected chi connectivity index (χ1v) is 10.9. The summed E-state index contributed by atoms with van der Waals surface area (Å²) in [4.78, 5) is 34.0. The van der Waals surface area contributed by atoms with Crippen LogP contribution in [0.5, 0.6) is 0 Å². The highest BCUT2D eigenvalue weighted by Gasteiger charge is 2.18. The number of nitrogens with one attached hydrogen (secondary N) is 1. The van der Waals surface area contributed by atoms with Gasteiger partial charge in [0.15, 0.2) is 6.61 Å². The molecule has 3 aromatic rings. The van der Waals surface area contributed by atoms with Gasteiger partial charge < -0.3 is 10.1 Å². The van der Waals surface area contributed by atoms with E-state index in [9.17, 15) is 13.8 Å². The van der Waals surface area contributed by atoms with E-state index in [0.29, 0.717) is 28.1 Å². The average molecular weight is 442 g/mol. The van der Waals surface area contributed by atoms with E-state index in [2.05, 4.69) is 20.4 Å². The van der Waals surface area contributed by atoms with Crippen molar-refractivity contribution in [2.45, 2.75) is 32.6 Å². The maximum Gasteiger partial charge on any atom is 0.339 e. The molecule has 1 aromatic carbocycles. The Labute approximate surface area is 182 Å². The van der Waals surface area contributed by atoms with Crippen molar-refractivity contribution in [3.05, 3.63) is 59.0 Å². The summed E-state index contributed by atoms with van der Waals surface area (Å²) >= 11 is 0. The van der Waals surface area contributed by atoms with Gasteiger partial charge in [0.05, 0.1) is 27.0 Å². The Hall–Kier alpha value is -3.40. The molecule has 1 atom stereocenters. The number of benzene rings is 1. The van der Waals surface area contributed by atoms with Crippen LogP contribution in [-0.2, 0) is 20.3 Å². The van der Waals surface area contributed by atoms with Crippen LogP contribution in [-0.4, -0.2) is 48.2 Å². The zero-order chi connectivity index (χ0) is 22.5. The van der Waals surface area contributed by atoms with Gasteiger partial charge in [0.2, 0.25) is 0 Å². The molecule has 0 saturated heterocycles. The monoisotopic (exact) mass is 441 g/mol. The Morgan fingerprint density at radius 1 is 1.06 bits per heavy atom. The van der Waals surface area contributed by atoms with E-state index >= 15 is 0 Å². The van der Waals surface area contributed by atoms with Gasteiger partial charge in [-0.05, 0) is 39.0 Å². The maximum absolute atomic E-state index is 12.4. The highest BCUT2D eigenvalue weighted by Crippen LogP contribution is 2.17. The largest absolute Gasteiger partial charge is 0.452 e. The summed E-state index contributed by atoms with van der Waals surface area (Å²) in [6, 6.07) is 9.99. The number of hydrogen-bond acceptors (Lipinski definition) is 7. The maximum atomic E-state index is 12.4. The van der Waals surface area contributed by atoms with Crippen LogP contribution in [0.1, 0.15) is 34.4 Å². The van der Waals surface area contributed by atoms with Crippen molar-refractivity contribution in [2.75, 3.05) is 17.7 Å². The minimum absolute atomic E-state index is 0.181. The Morgan fingerprint density at radius 3 is 2.42 bits per heavy atom. The summed E-state index contributed by atoms with van der Waals surface area (Å²) in [5.41, 5.74) is 2.38. The molecule has 0 aliphatic heterocycles. The predicted molar refractivity (Wildman–Crippen MR) is 116 cm³/mol. The van der Waals surface area contributed by atoms with Gasteiger partial charge in [0.1, 0.15) is 5.82 Å². The summed E-state index contributed by atoms with van der Waals surface area (Å²) in [5, 5.41) is 7.00. The molecule has 0 aliphatic rings. The molecular weight excluding hydrogens is 418 g/mol. The third kappa shape index (κ3) is 5.40. The van der Waals surface area contributed by atoms with E-state index < -0.39 is 29.3 Å². The first-order valence-electron chi connectivity index (χ1n) is 9.62. The van der Waals surface area contributed by atoms with E-state index in [1.54, 1.807) is 38.1 Å². The van der Waals surface area contributed by atoms with Crippen molar-refractivity contribution in [1.29, 1.82) is 0 Å². The molecule has 1 amide bonds. The van der Waals surface area contributed by atoms with Crippen LogP contribution in [0, 0.1) is 20.8 Å². The molecule has 2 aromatic heterocycles. The molecule has 0 bridgehead atoms. The van der Waals surface area contributed by atoms with E-state index in [1.807, 2.05) is 19.9 Å². The number of anilines is 1. The molecule has 9 nitrogen and oxygen atoms in total. The van der Waals surface area contributed by atoms with Crippen LogP contribution >= 0.6 is 0 Å². The molecule has 0 aliphatic carbocycles. The summed E-state index contributed by atoms with van der Waals surface area (Å²) in [6.07, 6.45) is 0. The molecule has 2 heterocycles. The summed E-state index contributed by atoms with van der Waals surface area (Å²) < 4.78 is 18.7. The van der Waals surface area contributed by atoms with Gasteiger partial charge in [-0.1, -0.05) is 19.1 Å². The molecule has 10 heteroatoms. The zero-order valence-corrected chi connectivity index (χ0v) is 18.5. The minimum atomic E-state index is -1.32. The lowest BCUT2D eigenvalue weighted by Gasteiger charge is -2.10. The van der Waals surface area contributed by atoms with Crippen molar-refractivity contribution < 1.29 is 18.5 Å². The quantitative estimate of drug-likeness (QED) is 0.560. The minimum Gasteiger partial charge on any atom is -0.452 e. The molecular formula is C21H23N5O4S. The predicted octanol–water partition coefficient (Wildman–Crippen LogP) is 2.51. The van der Waals surface area contributed by atoms with Crippen molar-refractivity contribution in [3.63, 3.8) is 0 Å². The Kier molecular flexibility index (Phi) is 6.91. The molecule has 3 rings (SSSR count). The van der Waals surface area contributed by atoms with E-state index in [4.69, 9.17) is 4.74 Å². The number of nitrogens with zero attached hydrogens (tertiary/aromatic N) is 4. The van der Waals surface area contributed by atoms with Gasteiger partial charge in [0, 0.05) is 23.2 Å². The normalized spacial score (nSPS) is 11.7. The van der Waals surface area contributed by atoms with Crippen LogP contribution in [0.2, 0.25) is 0 Å². The summed E-state index contributed by atoms with van der Waals surface area (Å²) in [6.45, 7) is 6.71. The fraction of sp³-hybridized carbons (Fsp3) is 0.286. The zero-order valence-electron chi connectivity index (χ0n) is 17.7. The van der Waals surface area contributed by atoms with E-state index in [1.165, 1.54) is 10.7 Å². The number of amides is 1. The Morgan fingerprint density at radius 2 is 1.74 bits per heavy atom. The fourth-order valence-electron chi connectivity index (χ4n) is 2.92. The first kappa shape index (κ1) is 22.3. The number of rotatable bonds is 7. The molecule has 0 fully saturated rings. The standard InChI is InChI=1S/C21H23N5O4S/c1-5-31(29)17-9-7-6-8-16(17)20(28)30-12-19(27)24-18-11-15(4)25-26(18)21-22-13(2)10-14(3)23-21/h6-11H,5,12H2,1-4H3,(H,24,27). The Bertz CT molecular complexity index is 1140. The van der Waals surface area contributed by atoms with Crippen molar-refractivity contribution in [2.24, 2.45) is 0 Å². The SMILES string of the molecule is CCS(=O)c1ccccc1C(=O)OCC(=O)Nc1cc(C)nn1-c1nc(C)cc(C)n1. The number of carbonyl (C=O) groups excluding carboxylic acids is 2. The van der Waals surface area contributed by atoms with Crippen LogP contribution in [0.15, 0.2) is 41.3 Å². The fourth-order valence-corrected chi connectivity index (χ4v) is 3.86. The second-order valence-electron chi connectivity index (χ2n) is 6.79. The second-order valence-corrected chi connectivity index (χ2v) is 8.50. The summed E-state index contributed by atoms with van der Waals surface area (Å²) in [7, 11) is -1.32. The second kappa shape index (κ2) is 9.61. The van der Waals surface area contributed by atoms with Crippen molar-refractivity contribution in [3.8, 4) is 5.95 Å². The highest BCUT2D eigenvalue weighted by atomic mass is 32.2. The molecule has 31 heavy (non-hydrogen) atoms. The molecule has 0 saturated carbocycles. The first-order chi connectivity index (χ1) is 14.8. The van der Waals surface area contributed by atoms with Crippen molar-refractivity contribution >= 4 is 28.5 Å². The van der Waals surface area contributed by atoms with Gasteiger partial charge in [-0.25, -0.2) is 14.8 Å². The number of esters is 1. The molecule has 0 radical (unpaired) electrons. The van der Waals surface area contributed by atoms with Gasteiger partial charge >= 0.3 is 5.97 Å². The lowest BCUT2D eigenvalue weighted by atomic mass is 10.2. The topological polar surface area (TPSA) is 116 Å². The number of carbonyl (C=O) groups is 2. The summed E-state index contributed by atoms with van der Waals surface area (Å²) in [5.74, 6) is -0.206. The average Bonchev–Trinajstić information content (AvgIpc) is 3.10. The molecule has 162 valence electrons.